The lowest BCUT2D eigenvalue weighted by Crippen LogP contribution is -2.09. The van der Waals surface area contributed by atoms with Crippen molar-refractivity contribution in [2.24, 2.45) is 11.8 Å². The van der Waals surface area contributed by atoms with E-state index >= 15 is 0 Å². The van der Waals surface area contributed by atoms with Crippen LogP contribution in [-0.2, 0) is 22.4 Å². The molecule has 0 saturated carbocycles. The topological polar surface area (TPSA) is 225 Å². The van der Waals surface area contributed by atoms with Gasteiger partial charge in [-0.15, -0.1) is 0 Å². The molecule has 0 aromatic heterocycles. The molecule has 16 nitrogen and oxygen atoms in total. The Bertz CT molecular complexity index is 1580. The van der Waals surface area contributed by atoms with Crippen molar-refractivity contribution in [3.8, 4) is 11.5 Å². The SMILES string of the molecule is C/C=C/C(=O)Oc1c(CCCCCC(C)C)cc([N+](=O)[O-])cc1[N+](=O)[O-].C/C=C/C(=O)Oc1c([N+](=O)[O-])cc(CCCCCC(C)C)cc1[N+](=O)[O-]. The molecular formula is C36H48N4O12. The van der Waals surface area contributed by atoms with E-state index in [4.69, 9.17) is 9.47 Å². The fourth-order valence-electron chi connectivity index (χ4n) is 5.02. The van der Waals surface area contributed by atoms with Gasteiger partial charge in [-0.05, 0) is 56.9 Å². The number of rotatable bonds is 20. The number of aryl methyl sites for hydroxylation is 2. The average Bonchev–Trinajstić information content (AvgIpc) is 3.05. The molecule has 0 spiro atoms. The van der Waals surface area contributed by atoms with Crippen molar-refractivity contribution < 1.29 is 38.8 Å². The molecule has 0 bridgehead atoms. The van der Waals surface area contributed by atoms with Gasteiger partial charge in [0.05, 0.1) is 25.8 Å². The van der Waals surface area contributed by atoms with Crippen molar-refractivity contribution in [3.63, 3.8) is 0 Å². The monoisotopic (exact) mass is 728 g/mol. The molecule has 2 rings (SSSR count). The van der Waals surface area contributed by atoms with Gasteiger partial charge in [-0.1, -0.05) is 78.4 Å². The van der Waals surface area contributed by atoms with Gasteiger partial charge in [-0.3, -0.25) is 40.5 Å². The van der Waals surface area contributed by atoms with E-state index in [1.54, 1.807) is 13.8 Å². The summed E-state index contributed by atoms with van der Waals surface area (Å²) in [6, 6.07) is 4.55. The first-order chi connectivity index (χ1) is 24.5. The number of nitro groups is 4. The zero-order valence-corrected chi connectivity index (χ0v) is 30.5. The third-order valence-electron chi connectivity index (χ3n) is 7.53. The highest BCUT2D eigenvalue weighted by Crippen LogP contribution is 2.39. The van der Waals surface area contributed by atoms with Crippen LogP contribution in [0.15, 0.2) is 48.6 Å². The second-order valence-corrected chi connectivity index (χ2v) is 12.8. The van der Waals surface area contributed by atoms with Gasteiger partial charge >= 0.3 is 29.0 Å². The number of nitrogens with zero attached hydrogens (tertiary/aromatic N) is 4. The minimum Gasteiger partial charge on any atom is -0.416 e. The number of ether oxygens (including phenoxy) is 2. The number of benzene rings is 2. The summed E-state index contributed by atoms with van der Waals surface area (Å²) in [6.07, 6.45) is 13.4. The number of hydrogen-bond acceptors (Lipinski definition) is 12. The van der Waals surface area contributed by atoms with E-state index in [-0.39, 0.29) is 11.4 Å². The Morgan fingerprint density at radius 3 is 1.42 bits per heavy atom. The van der Waals surface area contributed by atoms with Crippen LogP contribution in [-0.4, -0.2) is 31.6 Å². The second-order valence-electron chi connectivity index (χ2n) is 12.8. The van der Waals surface area contributed by atoms with Crippen molar-refractivity contribution in [3.05, 3.63) is 100 Å². The van der Waals surface area contributed by atoms with Crippen LogP contribution in [0.5, 0.6) is 11.5 Å². The molecule has 52 heavy (non-hydrogen) atoms. The Labute approximate surface area is 302 Å². The zero-order valence-electron chi connectivity index (χ0n) is 30.5. The van der Waals surface area contributed by atoms with Gasteiger partial charge in [0.2, 0.25) is 5.75 Å². The molecule has 0 saturated heterocycles. The highest BCUT2D eigenvalue weighted by Gasteiger charge is 2.30. The number of non-ortho nitro benzene ring substituents is 1. The molecule has 0 unspecified atom stereocenters. The summed E-state index contributed by atoms with van der Waals surface area (Å²) in [5.74, 6) is -1.31. The third-order valence-corrected chi connectivity index (χ3v) is 7.53. The second kappa shape index (κ2) is 23.0. The summed E-state index contributed by atoms with van der Waals surface area (Å²) in [5, 5.41) is 45.0. The number of nitro benzene ring substituents is 4. The molecule has 16 heteroatoms. The van der Waals surface area contributed by atoms with Gasteiger partial charge in [-0.25, -0.2) is 9.59 Å². The first-order valence-electron chi connectivity index (χ1n) is 17.1. The van der Waals surface area contributed by atoms with Gasteiger partial charge in [0.1, 0.15) is 0 Å². The Balaban J connectivity index is 0.000000520. The van der Waals surface area contributed by atoms with Crippen LogP contribution in [0.2, 0.25) is 0 Å². The van der Waals surface area contributed by atoms with Crippen molar-refractivity contribution in [2.75, 3.05) is 0 Å². The lowest BCUT2D eigenvalue weighted by Gasteiger charge is -2.10. The van der Waals surface area contributed by atoms with Gasteiger partial charge < -0.3 is 9.47 Å². The van der Waals surface area contributed by atoms with Crippen LogP contribution in [0.3, 0.4) is 0 Å². The number of allylic oxidation sites excluding steroid dienone is 2. The van der Waals surface area contributed by atoms with Crippen LogP contribution >= 0.6 is 0 Å². The van der Waals surface area contributed by atoms with Crippen molar-refractivity contribution in [1.82, 2.24) is 0 Å². The van der Waals surface area contributed by atoms with Gasteiger partial charge in [0.25, 0.3) is 11.4 Å². The van der Waals surface area contributed by atoms with Gasteiger partial charge in [-0.2, -0.15) is 0 Å². The largest absolute Gasteiger partial charge is 0.416 e. The third kappa shape index (κ3) is 16.0. The summed E-state index contributed by atoms with van der Waals surface area (Å²) in [5.41, 5.74) is -1.33. The van der Waals surface area contributed by atoms with Crippen LogP contribution in [0.25, 0.3) is 0 Å². The average molecular weight is 729 g/mol. The maximum Gasteiger partial charge on any atom is 0.336 e. The molecule has 0 aliphatic carbocycles. The Morgan fingerprint density at radius 2 is 1.02 bits per heavy atom. The highest BCUT2D eigenvalue weighted by molar-refractivity contribution is 5.86. The summed E-state index contributed by atoms with van der Waals surface area (Å²) in [4.78, 5) is 65.4. The maximum atomic E-state index is 11.7. The van der Waals surface area contributed by atoms with E-state index < -0.39 is 54.4 Å². The predicted octanol–water partition coefficient (Wildman–Crippen LogP) is 9.49. The molecular weight excluding hydrogens is 680 g/mol. The van der Waals surface area contributed by atoms with Crippen LogP contribution in [0.1, 0.15) is 104 Å². The molecule has 0 heterocycles. The normalized spacial score (nSPS) is 11.1. The summed E-state index contributed by atoms with van der Waals surface area (Å²) < 4.78 is 9.97. The number of carbonyl (C=O) groups is 2. The Morgan fingerprint density at radius 1 is 0.596 bits per heavy atom. The fraction of sp³-hybridized carbons (Fsp3) is 0.500. The van der Waals surface area contributed by atoms with Crippen molar-refractivity contribution in [2.45, 2.75) is 106 Å². The van der Waals surface area contributed by atoms with Gasteiger partial charge in [0, 0.05) is 35.9 Å². The molecule has 0 radical (unpaired) electrons. The number of esters is 2. The zero-order chi connectivity index (χ0) is 39.4. The van der Waals surface area contributed by atoms with Gasteiger partial charge in [0.15, 0.2) is 0 Å². The predicted molar refractivity (Wildman–Crippen MR) is 194 cm³/mol. The van der Waals surface area contributed by atoms with E-state index in [1.165, 1.54) is 30.4 Å². The van der Waals surface area contributed by atoms with Crippen molar-refractivity contribution >= 4 is 34.7 Å². The number of unbranched alkanes of at least 4 members (excludes halogenated alkanes) is 4. The minimum atomic E-state index is -0.903. The Hall–Kier alpha value is -5.54. The standard InChI is InChI=1S/2C18H24N2O6/c1-4-8-17(21)26-18-14(10-7-5-6-9-13(2)3)11-15(19(22)23)12-16(18)20(24)25;1-4-8-17(21)26-18-15(19(22)23)11-14(12-16(18)20(24)25)10-7-5-6-9-13(2)3/h2*4,8,11-13H,5-7,9-10H2,1-3H3/b2*8-4+. The summed E-state index contributed by atoms with van der Waals surface area (Å²) >= 11 is 0. The smallest absolute Gasteiger partial charge is 0.336 e. The first-order valence-corrected chi connectivity index (χ1v) is 17.1. The summed E-state index contributed by atoms with van der Waals surface area (Å²) in [7, 11) is 0. The molecule has 2 aromatic carbocycles. The molecule has 0 atom stereocenters. The van der Waals surface area contributed by atoms with E-state index in [9.17, 15) is 50.0 Å². The summed E-state index contributed by atoms with van der Waals surface area (Å²) in [6.45, 7) is 11.7. The molecule has 0 amide bonds. The quantitative estimate of drug-likeness (QED) is 0.0310. The Kier molecular flexibility index (Phi) is 19.7. The van der Waals surface area contributed by atoms with Crippen molar-refractivity contribution in [1.29, 1.82) is 0 Å². The molecule has 2 aromatic rings. The first kappa shape index (κ1) is 44.5. The molecule has 0 N–H and O–H groups in total. The van der Waals surface area contributed by atoms with Crippen LogP contribution in [0, 0.1) is 52.3 Å². The van der Waals surface area contributed by atoms with E-state index in [0.717, 1.165) is 63.2 Å². The lowest BCUT2D eigenvalue weighted by molar-refractivity contribution is -0.395. The fourth-order valence-corrected chi connectivity index (χ4v) is 5.02. The molecule has 0 aliphatic rings. The number of carbonyl (C=O) groups excluding carboxylic acids is 2. The van der Waals surface area contributed by atoms with Crippen LogP contribution < -0.4 is 9.47 Å². The minimum absolute atomic E-state index is 0.215. The van der Waals surface area contributed by atoms with E-state index in [2.05, 4.69) is 27.7 Å². The lowest BCUT2D eigenvalue weighted by atomic mass is 10.0. The molecule has 0 fully saturated rings. The maximum absolute atomic E-state index is 11.7. The molecule has 284 valence electrons. The number of hydrogen-bond donors (Lipinski definition) is 0. The highest BCUT2D eigenvalue weighted by atomic mass is 16.6. The van der Waals surface area contributed by atoms with E-state index in [1.807, 2.05) is 0 Å². The molecule has 0 aliphatic heterocycles. The van der Waals surface area contributed by atoms with Crippen LogP contribution in [0.4, 0.5) is 22.7 Å². The van der Waals surface area contributed by atoms with E-state index in [0.29, 0.717) is 42.2 Å².